The molecule has 0 aliphatic carbocycles. The summed E-state index contributed by atoms with van der Waals surface area (Å²) in [7, 11) is 0. The van der Waals surface area contributed by atoms with Crippen molar-refractivity contribution < 1.29 is 0 Å². The number of thiophene rings is 1. The molecule has 1 N–H and O–H groups in total. The molecule has 0 unspecified atom stereocenters. The van der Waals surface area contributed by atoms with Crippen LogP contribution in [0.2, 0.25) is 0 Å². The van der Waals surface area contributed by atoms with Gasteiger partial charge in [0.15, 0.2) is 0 Å². The number of aromatic nitrogens is 1. The number of hydrogen-bond acceptors (Lipinski definition) is 1. The highest BCUT2D eigenvalue weighted by Gasteiger charge is 1.96. The molecule has 9 heavy (non-hydrogen) atoms. The fourth-order valence-electron chi connectivity index (χ4n) is 0.983. The van der Waals surface area contributed by atoms with Crippen LogP contribution in [0, 0.1) is 6.92 Å². The third-order valence-corrected chi connectivity index (χ3v) is 2.36. The van der Waals surface area contributed by atoms with Gasteiger partial charge in [0, 0.05) is 11.6 Å². The van der Waals surface area contributed by atoms with Crippen LogP contribution in [0.15, 0.2) is 17.6 Å². The Bertz CT molecular complexity index is 318. The smallest absolute Gasteiger partial charge is 0.0999 e. The van der Waals surface area contributed by atoms with Crippen LogP contribution in [0.25, 0.3) is 10.2 Å². The Morgan fingerprint density at radius 2 is 2.44 bits per heavy atom. The molecular formula is C7H7NS. The molecule has 0 bridgehead atoms. The van der Waals surface area contributed by atoms with E-state index in [1.54, 1.807) is 11.3 Å². The quantitative estimate of drug-likeness (QED) is 0.574. The maximum atomic E-state index is 3.19. The van der Waals surface area contributed by atoms with Gasteiger partial charge in [-0.2, -0.15) is 0 Å². The van der Waals surface area contributed by atoms with Gasteiger partial charge in [-0.3, -0.25) is 0 Å². The number of hydrogen-bond donors (Lipinski definition) is 1. The summed E-state index contributed by atoms with van der Waals surface area (Å²) in [5.41, 5.74) is 1.34. The van der Waals surface area contributed by atoms with Crippen molar-refractivity contribution in [1.82, 2.24) is 4.98 Å². The predicted octanol–water partition coefficient (Wildman–Crippen LogP) is 2.54. The first-order valence-electron chi connectivity index (χ1n) is 2.89. The molecule has 2 heterocycles. The zero-order valence-corrected chi connectivity index (χ0v) is 5.96. The fraction of sp³-hybridized carbons (Fsp3) is 0.143. The summed E-state index contributed by atoms with van der Waals surface area (Å²) in [6, 6.07) is 2.14. The van der Waals surface area contributed by atoms with Gasteiger partial charge in [0.1, 0.15) is 0 Å². The van der Waals surface area contributed by atoms with Crippen LogP contribution in [0.1, 0.15) is 5.56 Å². The second kappa shape index (κ2) is 1.61. The average molecular weight is 137 g/mol. The van der Waals surface area contributed by atoms with Gasteiger partial charge >= 0.3 is 0 Å². The van der Waals surface area contributed by atoms with Crippen molar-refractivity contribution in [2.24, 2.45) is 0 Å². The summed E-state index contributed by atoms with van der Waals surface area (Å²) in [6.07, 6.45) is 2.04. The lowest BCUT2D eigenvalue weighted by Gasteiger charge is -1.75. The van der Waals surface area contributed by atoms with Crippen molar-refractivity contribution in [3.05, 3.63) is 23.2 Å². The lowest BCUT2D eigenvalue weighted by molar-refractivity contribution is 1.44. The molecule has 0 atom stereocenters. The molecule has 0 fully saturated rings. The highest BCUT2D eigenvalue weighted by atomic mass is 32.1. The molecule has 2 aromatic heterocycles. The third kappa shape index (κ3) is 0.598. The maximum Gasteiger partial charge on any atom is 0.0999 e. The summed E-state index contributed by atoms with van der Waals surface area (Å²) in [5.74, 6) is 0. The minimum atomic E-state index is 1.28. The normalized spacial score (nSPS) is 10.8. The molecular weight excluding hydrogens is 130 g/mol. The van der Waals surface area contributed by atoms with E-state index in [1.165, 1.54) is 15.8 Å². The molecule has 0 saturated carbocycles. The molecule has 0 aliphatic rings. The van der Waals surface area contributed by atoms with Crippen LogP contribution < -0.4 is 0 Å². The van der Waals surface area contributed by atoms with Gasteiger partial charge in [-0.1, -0.05) is 0 Å². The van der Waals surface area contributed by atoms with Crippen LogP contribution in [0.3, 0.4) is 0 Å². The molecule has 0 saturated heterocycles. The summed E-state index contributed by atoms with van der Waals surface area (Å²) in [4.78, 5) is 4.47. The van der Waals surface area contributed by atoms with Crippen LogP contribution >= 0.6 is 11.3 Å². The summed E-state index contributed by atoms with van der Waals surface area (Å²) in [5, 5.41) is 3.47. The molecule has 0 amide bonds. The van der Waals surface area contributed by atoms with E-state index in [0.717, 1.165) is 0 Å². The molecule has 0 aliphatic heterocycles. The van der Waals surface area contributed by atoms with Gasteiger partial charge in [0.2, 0.25) is 0 Å². The Morgan fingerprint density at radius 1 is 1.56 bits per heavy atom. The van der Waals surface area contributed by atoms with Gasteiger partial charge in [-0.15, -0.1) is 11.3 Å². The first kappa shape index (κ1) is 5.06. The number of rotatable bonds is 0. The second-order valence-corrected chi connectivity index (χ2v) is 3.05. The zero-order chi connectivity index (χ0) is 6.27. The molecule has 1 nitrogen and oxygen atoms in total. The SMILES string of the molecule is Cc1c[nH]c2sccc12. The number of aromatic amines is 1. The summed E-state index contributed by atoms with van der Waals surface area (Å²) >= 11 is 1.75. The molecule has 2 heteroatoms. The van der Waals surface area contributed by atoms with Crippen LogP contribution in [-0.2, 0) is 0 Å². The first-order valence-corrected chi connectivity index (χ1v) is 3.77. The molecule has 0 radical (unpaired) electrons. The Labute approximate surface area is 57.3 Å². The lowest BCUT2D eigenvalue weighted by Crippen LogP contribution is -1.56. The lowest BCUT2D eigenvalue weighted by atomic mass is 10.3. The highest BCUT2D eigenvalue weighted by Crippen LogP contribution is 2.21. The van der Waals surface area contributed by atoms with Gasteiger partial charge in [-0.05, 0) is 23.9 Å². The molecule has 0 aromatic carbocycles. The summed E-state index contributed by atoms with van der Waals surface area (Å²) < 4.78 is 0. The Balaban J connectivity index is 2.99. The van der Waals surface area contributed by atoms with Crippen LogP contribution in [0.4, 0.5) is 0 Å². The van der Waals surface area contributed by atoms with Crippen molar-refractivity contribution in [3.8, 4) is 0 Å². The number of aryl methyl sites for hydroxylation is 1. The molecule has 46 valence electrons. The fourth-order valence-corrected chi connectivity index (χ4v) is 1.81. The van der Waals surface area contributed by atoms with Gasteiger partial charge in [-0.25, -0.2) is 0 Å². The van der Waals surface area contributed by atoms with E-state index < -0.39 is 0 Å². The zero-order valence-electron chi connectivity index (χ0n) is 5.14. The molecule has 2 aromatic rings. The maximum absolute atomic E-state index is 3.19. The minimum Gasteiger partial charge on any atom is -0.353 e. The summed E-state index contributed by atoms with van der Waals surface area (Å²) in [6.45, 7) is 2.12. The van der Waals surface area contributed by atoms with Crippen molar-refractivity contribution >= 4 is 21.6 Å². The number of H-pyrrole nitrogens is 1. The van der Waals surface area contributed by atoms with E-state index in [4.69, 9.17) is 0 Å². The van der Waals surface area contributed by atoms with Crippen molar-refractivity contribution in [1.29, 1.82) is 0 Å². The van der Waals surface area contributed by atoms with Crippen molar-refractivity contribution in [2.75, 3.05) is 0 Å². The Kier molecular flexibility index (Phi) is 0.904. The third-order valence-electron chi connectivity index (χ3n) is 1.51. The van der Waals surface area contributed by atoms with Crippen molar-refractivity contribution in [3.63, 3.8) is 0 Å². The topological polar surface area (TPSA) is 15.8 Å². The van der Waals surface area contributed by atoms with E-state index in [1.807, 2.05) is 6.20 Å². The Morgan fingerprint density at radius 3 is 3.22 bits per heavy atom. The highest BCUT2D eigenvalue weighted by molar-refractivity contribution is 7.16. The number of nitrogens with one attached hydrogen (secondary N) is 1. The van der Waals surface area contributed by atoms with Crippen LogP contribution in [-0.4, -0.2) is 4.98 Å². The van der Waals surface area contributed by atoms with E-state index in [-0.39, 0.29) is 0 Å². The van der Waals surface area contributed by atoms with E-state index in [2.05, 4.69) is 23.4 Å². The standard InChI is InChI=1S/C7H7NS/c1-5-4-8-7-6(5)2-3-9-7/h2-4,8H,1H3. The number of fused-ring (bicyclic) bond motifs is 1. The van der Waals surface area contributed by atoms with E-state index in [9.17, 15) is 0 Å². The van der Waals surface area contributed by atoms with Crippen molar-refractivity contribution in [2.45, 2.75) is 6.92 Å². The monoisotopic (exact) mass is 137 g/mol. The van der Waals surface area contributed by atoms with Gasteiger partial charge < -0.3 is 4.98 Å². The van der Waals surface area contributed by atoms with E-state index in [0.29, 0.717) is 0 Å². The predicted molar refractivity (Wildman–Crippen MR) is 40.9 cm³/mol. The second-order valence-electron chi connectivity index (χ2n) is 2.14. The first-order chi connectivity index (χ1) is 4.38. The molecule has 2 rings (SSSR count). The van der Waals surface area contributed by atoms with Gasteiger partial charge in [0.25, 0.3) is 0 Å². The Hall–Kier alpha value is -0.760. The van der Waals surface area contributed by atoms with Crippen LogP contribution in [0.5, 0.6) is 0 Å². The molecule has 0 spiro atoms. The minimum absolute atomic E-state index is 1.28. The largest absolute Gasteiger partial charge is 0.353 e. The van der Waals surface area contributed by atoms with E-state index >= 15 is 0 Å². The van der Waals surface area contributed by atoms with Gasteiger partial charge in [0.05, 0.1) is 4.83 Å². The average Bonchev–Trinajstić information content (AvgIpc) is 2.35.